The second-order valence-corrected chi connectivity index (χ2v) is 4.51. The molecular formula is C13H18FNO. The highest BCUT2D eigenvalue weighted by atomic mass is 19.1. The van der Waals surface area contributed by atoms with Crippen LogP contribution in [0.15, 0.2) is 18.2 Å². The third-order valence-corrected chi connectivity index (χ3v) is 3.01. The van der Waals surface area contributed by atoms with Crippen molar-refractivity contribution in [1.82, 2.24) is 0 Å². The molecule has 88 valence electrons. The predicted molar refractivity (Wildman–Crippen MR) is 63.2 cm³/mol. The van der Waals surface area contributed by atoms with Gasteiger partial charge in [-0.1, -0.05) is 0 Å². The van der Waals surface area contributed by atoms with Gasteiger partial charge >= 0.3 is 0 Å². The molecule has 1 aliphatic heterocycles. The number of rotatable bonds is 2. The van der Waals surface area contributed by atoms with Crippen molar-refractivity contribution in [3.8, 4) is 0 Å². The fourth-order valence-corrected chi connectivity index (χ4v) is 2.10. The Labute approximate surface area is 95.8 Å². The highest BCUT2D eigenvalue weighted by Crippen LogP contribution is 2.20. The van der Waals surface area contributed by atoms with Gasteiger partial charge in [-0.05, 0) is 50.5 Å². The normalized spacial score (nSPS) is 25.4. The molecule has 0 spiro atoms. The van der Waals surface area contributed by atoms with Crippen LogP contribution in [0.3, 0.4) is 0 Å². The van der Waals surface area contributed by atoms with Gasteiger partial charge in [-0.25, -0.2) is 4.39 Å². The Hall–Kier alpha value is -1.09. The second-order valence-electron chi connectivity index (χ2n) is 4.51. The minimum absolute atomic E-state index is 0.147. The Kier molecular flexibility index (Phi) is 3.44. The summed E-state index contributed by atoms with van der Waals surface area (Å²) in [7, 11) is 0. The van der Waals surface area contributed by atoms with E-state index in [0.29, 0.717) is 17.7 Å². The van der Waals surface area contributed by atoms with Gasteiger partial charge < -0.3 is 10.1 Å². The minimum Gasteiger partial charge on any atom is -0.382 e. The van der Waals surface area contributed by atoms with E-state index in [9.17, 15) is 4.39 Å². The van der Waals surface area contributed by atoms with Gasteiger partial charge in [0.2, 0.25) is 0 Å². The zero-order valence-corrected chi connectivity index (χ0v) is 9.79. The van der Waals surface area contributed by atoms with Gasteiger partial charge in [-0.3, -0.25) is 0 Å². The first-order valence-electron chi connectivity index (χ1n) is 5.79. The SMILES string of the molecule is Cc1cc(NC2CCOC(C)C2)ccc1F. The summed E-state index contributed by atoms with van der Waals surface area (Å²) in [6, 6.07) is 5.60. The van der Waals surface area contributed by atoms with Crippen molar-refractivity contribution in [3.05, 3.63) is 29.6 Å². The van der Waals surface area contributed by atoms with Crippen LogP contribution in [-0.2, 0) is 4.74 Å². The smallest absolute Gasteiger partial charge is 0.126 e. The fraction of sp³-hybridized carbons (Fsp3) is 0.538. The zero-order valence-electron chi connectivity index (χ0n) is 9.79. The van der Waals surface area contributed by atoms with E-state index in [1.807, 2.05) is 6.07 Å². The maximum atomic E-state index is 13.1. The zero-order chi connectivity index (χ0) is 11.5. The number of hydrogen-bond donors (Lipinski definition) is 1. The molecule has 1 aromatic carbocycles. The summed E-state index contributed by atoms with van der Waals surface area (Å²) >= 11 is 0. The van der Waals surface area contributed by atoms with Crippen LogP contribution in [0.25, 0.3) is 0 Å². The number of benzene rings is 1. The molecule has 1 aromatic rings. The van der Waals surface area contributed by atoms with Crippen molar-refractivity contribution < 1.29 is 9.13 Å². The molecular weight excluding hydrogens is 205 g/mol. The van der Waals surface area contributed by atoms with Gasteiger partial charge in [0.15, 0.2) is 0 Å². The third kappa shape index (κ3) is 2.73. The molecule has 1 heterocycles. The number of nitrogens with one attached hydrogen (secondary N) is 1. The van der Waals surface area contributed by atoms with E-state index in [1.54, 1.807) is 13.0 Å². The fourth-order valence-electron chi connectivity index (χ4n) is 2.10. The highest BCUT2D eigenvalue weighted by molar-refractivity contribution is 5.46. The average Bonchev–Trinajstić information content (AvgIpc) is 2.24. The Morgan fingerprint density at radius 3 is 2.94 bits per heavy atom. The lowest BCUT2D eigenvalue weighted by Crippen LogP contribution is -2.32. The van der Waals surface area contributed by atoms with Crippen LogP contribution in [0.4, 0.5) is 10.1 Å². The summed E-state index contributed by atoms with van der Waals surface area (Å²) in [5.74, 6) is -0.147. The van der Waals surface area contributed by atoms with Crippen molar-refractivity contribution in [1.29, 1.82) is 0 Å². The van der Waals surface area contributed by atoms with Gasteiger partial charge in [0.1, 0.15) is 5.82 Å². The van der Waals surface area contributed by atoms with Crippen molar-refractivity contribution in [3.63, 3.8) is 0 Å². The molecule has 3 heteroatoms. The molecule has 0 aliphatic carbocycles. The Morgan fingerprint density at radius 2 is 2.25 bits per heavy atom. The Morgan fingerprint density at radius 1 is 1.44 bits per heavy atom. The Bertz CT molecular complexity index is 367. The van der Waals surface area contributed by atoms with Crippen molar-refractivity contribution in [2.45, 2.75) is 38.8 Å². The molecule has 2 atom stereocenters. The topological polar surface area (TPSA) is 21.3 Å². The van der Waals surface area contributed by atoms with E-state index in [1.165, 1.54) is 6.07 Å². The molecule has 0 bridgehead atoms. The molecule has 0 saturated carbocycles. The van der Waals surface area contributed by atoms with Gasteiger partial charge in [-0.2, -0.15) is 0 Å². The molecule has 1 N–H and O–H groups in total. The summed E-state index contributed by atoms with van der Waals surface area (Å²) in [6.45, 7) is 4.68. The lowest BCUT2D eigenvalue weighted by atomic mass is 10.0. The van der Waals surface area contributed by atoms with Gasteiger partial charge in [0, 0.05) is 18.3 Å². The van der Waals surface area contributed by atoms with Crippen molar-refractivity contribution in [2.75, 3.05) is 11.9 Å². The van der Waals surface area contributed by atoms with Crippen LogP contribution < -0.4 is 5.32 Å². The molecule has 2 unspecified atom stereocenters. The summed E-state index contributed by atoms with van der Waals surface area (Å²) in [6.07, 6.45) is 2.34. The number of hydrogen-bond acceptors (Lipinski definition) is 2. The van der Waals surface area contributed by atoms with Crippen LogP contribution in [0.2, 0.25) is 0 Å². The van der Waals surface area contributed by atoms with E-state index < -0.39 is 0 Å². The van der Waals surface area contributed by atoms with Crippen LogP contribution >= 0.6 is 0 Å². The first-order chi connectivity index (χ1) is 7.65. The molecule has 0 radical (unpaired) electrons. The van der Waals surface area contributed by atoms with E-state index in [2.05, 4.69) is 12.2 Å². The van der Waals surface area contributed by atoms with Crippen molar-refractivity contribution in [2.24, 2.45) is 0 Å². The van der Waals surface area contributed by atoms with Crippen molar-refractivity contribution >= 4 is 5.69 Å². The second kappa shape index (κ2) is 4.83. The van der Waals surface area contributed by atoms with Crippen LogP contribution in [0.5, 0.6) is 0 Å². The van der Waals surface area contributed by atoms with Crippen LogP contribution in [0, 0.1) is 12.7 Å². The molecule has 1 saturated heterocycles. The maximum Gasteiger partial charge on any atom is 0.126 e. The van der Waals surface area contributed by atoms with Gasteiger partial charge in [-0.15, -0.1) is 0 Å². The van der Waals surface area contributed by atoms with Gasteiger partial charge in [0.05, 0.1) is 6.10 Å². The summed E-state index contributed by atoms with van der Waals surface area (Å²) in [5.41, 5.74) is 1.68. The summed E-state index contributed by atoms with van der Waals surface area (Å²) < 4.78 is 18.6. The molecule has 2 nitrogen and oxygen atoms in total. The van der Waals surface area contributed by atoms with Crippen LogP contribution in [-0.4, -0.2) is 18.8 Å². The molecule has 2 rings (SSSR count). The highest BCUT2D eigenvalue weighted by Gasteiger charge is 2.18. The molecule has 1 fully saturated rings. The average molecular weight is 223 g/mol. The van der Waals surface area contributed by atoms with E-state index in [0.717, 1.165) is 25.1 Å². The van der Waals surface area contributed by atoms with E-state index in [-0.39, 0.29) is 5.82 Å². The first-order valence-corrected chi connectivity index (χ1v) is 5.79. The minimum atomic E-state index is -0.147. The largest absolute Gasteiger partial charge is 0.382 e. The van der Waals surface area contributed by atoms with E-state index in [4.69, 9.17) is 4.74 Å². The van der Waals surface area contributed by atoms with Gasteiger partial charge in [0.25, 0.3) is 0 Å². The predicted octanol–water partition coefficient (Wildman–Crippen LogP) is 3.11. The maximum absolute atomic E-state index is 13.1. The van der Waals surface area contributed by atoms with Crippen LogP contribution in [0.1, 0.15) is 25.3 Å². The van der Waals surface area contributed by atoms with E-state index >= 15 is 0 Å². The number of anilines is 1. The monoisotopic (exact) mass is 223 g/mol. The first kappa shape index (κ1) is 11.4. The number of halogens is 1. The standard InChI is InChI=1S/C13H18FNO/c1-9-7-11(3-4-13(9)14)15-12-5-6-16-10(2)8-12/h3-4,7,10,12,15H,5-6,8H2,1-2H3. The molecule has 0 aromatic heterocycles. The lowest BCUT2D eigenvalue weighted by molar-refractivity contribution is 0.0232. The third-order valence-electron chi connectivity index (χ3n) is 3.01. The lowest BCUT2D eigenvalue weighted by Gasteiger charge is -2.28. The molecule has 0 amide bonds. The number of ether oxygens (including phenoxy) is 1. The molecule has 16 heavy (non-hydrogen) atoms. The summed E-state index contributed by atoms with van der Waals surface area (Å²) in [4.78, 5) is 0. The Balaban J connectivity index is 2.00. The summed E-state index contributed by atoms with van der Waals surface area (Å²) in [5, 5.41) is 3.43. The quantitative estimate of drug-likeness (QED) is 0.831. The number of aryl methyl sites for hydroxylation is 1. The molecule has 1 aliphatic rings.